The van der Waals surface area contributed by atoms with Gasteiger partial charge in [0, 0.05) is 0 Å². The smallest absolute Gasteiger partial charge is 0.394 e. The molecule has 0 aromatic heterocycles. The molecular weight excluding hydrogens is 319 g/mol. The fourth-order valence-electron chi connectivity index (χ4n) is 2.66. The van der Waals surface area contributed by atoms with E-state index in [9.17, 15) is 4.57 Å². The Morgan fingerprint density at radius 1 is 0.833 bits per heavy atom. The van der Waals surface area contributed by atoms with Crippen LogP contribution in [0.1, 0.15) is 57.4 Å². The molecule has 1 rings (SSSR count). The molecule has 0 amide bonds. The molecule has 0 spiro atoms. The summed E-state index contributed by atoms with van der Waals surface area (Å²) < 4.78 is 21.9. The first-order chi connectivity index (χ1) is 11.4. The molecule has 0 radical (unpaired) electrons. The summed E-state index contributed by atoms with van der Waals surface area (Å²) in [5, 5.41) is 0. The maximum Gasteiger partial charge on any atom is 0.394 e. The van der Waals surface area contributed by atoms with Gasteiger partial charge in [0.25, 0.3) is 0 Å². The van der Waals surface area contributed by atoms with Gasteiger partial charge in [0.2, 0.25) is 0 Å². The average molecular weight is 354 g/mol. The van der Waals surface area contributed by atoms with E-state index in [1.54, 1.807) is 37.5 Å². The number of benzene rings is 1. The van der Waals surface area contributed by atoms with Crippen LogP contribution >= 0.6 is 7.67 Å². The molecule has 1 aromatic rings. The molecule has 1 aromatic carbocycles. The maximum absolute atomic E-state index is 12.8. The molecule has 0 aliphatic carbocycles. The van der Waals surface area contributed by atoms with Gasteiger partial charge in [0.15, 0.2) is 0 Å². The number of nitrogens with zero attached hydrogens (tertiary/aromatic N) is 2. The molecule has 0 fully saturated rings. The SMILES string of the molecule is CCCCCCCCCc1ccc(OP(=O)(N(C)C)N(C)C)cc1. The average Bonchev–Trinajstić information content (AvgIpc) is 2.55. The second-order valence-electron chi connectivity index (χ2n) is 6.79. The van der Waals surface area contributed by atoms with Crippen LogP contribution in [0.2, 0.25) is 0 Å². The largest absolute Gasteiger partial charge is 0.422 e. The van der Waals surface area contributed by atoms with Crippen molar-refractivity contribution in [3.05, 3.63) is 29.8 Å². The van der Waals surface area contributed by atoms with Gasteiger partial charge >= 0.3 is 7.67 Å². The third-order valence-electron chi connectivity index (χ3n) is 4.23. The maximum atomic E-state index is 12.8. The van der Waals surface area contributed by atoms with Gasteiger partial charge in [-0.05, 0) is 58.7 Å². The molecule has 138 valence electrons. The predicted molar refractivity (Wildman–Crippen MR) is 104 cm³/mol. The van der Waals surface area contributed by atoms with Crippen molar-refractivity contribution in [2.45, 2.75) is 58.3 Å². The van der Waals surface area contributed by atoms with Gasteiger partial charge in [-0.1, -0.05) is 57.6 Å². The van der Waals surface area contributed by atoms with Crippen molar-refractivity contribution in [3.8, 4) is 5.75 Å². The van der Waals surface area contributed by atoms with E-state index in [0.717, 1.165) is 6.42 Å². The van der Waals surface area contributed by atoms with Crippen LogP contribution in [-0.4, -0.2) is 37.5 Å². The van der Waals surface area contributed by atoms with Crippen molar-refractivity contribution in [1.82, 2.24) is 9.34 Å². The molecule has 4 nitrogen and oxygen atoms in total. The third kappa shape index (κ3) is 6.96. The van der Waals surface area contributed by atoms with Crippen LogP contribution < -0.4 is 4.52 Å². The first-order valence-electron chi connectivity index (χ1n) is 9.14. The standard InChI is InChI=1S/C19H35N2O2P/c1-6-7-8-9-10-11-12-13-18-14-16-19(17-15-18)23-24(22,20(2)3)21(4)5/h14-17H,6-13H2,1-5H3. The Balaban J connectivity index is 2.42. The predicted octanol–water partition coefficient (Wildman–Crippen LogP) is 5.59. The van der Waals surface area contributed by atoms with E-state index in [4.69, 9.17) is 4.52 Å². The monoisotopic (exact) mass is 354 g/mol. The van der Waals surface area contributed by atoms with Crippen LogP contribution in [-0.2, 0) is 11.0 Å². The number of aryl methyl sites for hydroxylation is 1. The van der Waals surface area contributed by atoms with E-state index < -0.39 is 7.67 Å². The third-order valence-corrected chi connectivity index (χ3v) is 6.70. The first kappa shape index (κ1) is 21.2. The summed E-state index contributed by atoms with van der Waals surface area (Å²) in [4.78, 5) is 0. The van der Waals surface area contributed by atoms with Gasteiger partial charge in [-0.2, -0.15) is 0 Å². The normalized spacial score (nSPS) is 12.1. The summed E-state index contributed by atoms with van der Waals surface area (Å²) in [7, 11) is 4.12. The zero-order chi connectivity index (χ0) is 18.0. The second kappa shape index (κ2) is 10.9. The van der Waals surface area contributed by atoms with Crippen LogP contribution in [0, 0.1) is 0 Å². The van der Waals surface area contributed by atoms with E-state index in [2.05, 4.69) is 19.1 Å². The van der Waals surface area contributed by atoms with Crippen molar-refractivity contribution in [2.75, 3.05) is 28.2 Å². The van der Waals surface area contributed by atoms with E-state index in [1.807, 2.05) is 12.1 Å². The number of hydrogen-bond donors (Lipinski definition) is 0. The minimum Gasteiger partial charge on any atom is -0.422 e. The molecule has 0 aliphatic heterocycles. The summed E-state index contributed by atoms with van der Waals surface area (Å²) in [5.74, 6) is 0.657. The fraction of sp³-hybridized carbons (Fsp3) is 0.684. The zero-order valence-electron chi connectivity index (χ0n) is 16.1. The van der Waals surface area contributed by atoms with Gasteiger partial charge in [-0.25, -0.2) is 13.9 Å². The summed E-state index contributed by atoms with van der Waals surface area (Å²) in [6.45, 7) is 2.25. The topological polar surface area (TPSA) is 32.8 Å². The zero-order valence-corrected chi connectivity index (χ0v) is 17.0. The van der Waals surface area contributed by atoms with E-state index >= 15 is 0 Å². The molecule has 0 heterocycles. The molecular formula is C19H35N2O2P. The van der Waals surface area contributed by atoms with Crippen LogP contribution in [0.3, 0.4) is 0 Å². The number of unbranched alkanes of at least 4 members (excludes halogenated alkanes) is 6. The van der Waals surface area contributed by atoms with Crippen molar-refractivity contribution in [1.29, 1.82) is 0 Å². The molecule has 0 saturated carbocycles. The molecule has 0 aliphatic rings. The molecule has 0 unspecified atom stereocenters. The molecule has 5 heteroatoms. The van der Waals surface area contributed by atoms with E-state index in [0.29, 0.717) is 5.75 Å². The van der Waals surface area contributed by atoms with Gasteiger partial charge in [0.05, 0.1) is 0 Å². The Morgan fingerprint density at radius 2 is 1.33 bits per heavy atom. The lowest BCUT2D eigenvalue weighted by atomic mass is 10.0. The van der Waals surface area contributed by atoms with Crippen LogP contribution in [0.15, 0.2) is 24.3 Å². The fourth-order valence-corrected chi connectivity index (χ4v) is 4.10. The summed E-state index contributed by atoms with van der Waals surface area (Å²) in [6.07, 6.45) is 10.4. The van der Waals surface area contributed by atoms with Gasteiger partial charge in [0.1, 0.15) is 5.75 Å². The van der Waals surface area contributed by atoms with Gasteiger partial charge in [-0.15, -0.1) is 0 Å². The number of rotatable bonds is 12. The summed E-state index contributed by atoms with van der Waals surface area (Å²) >= 11 is 0. The van der Waals surface area contributed by atoms with Crippen LogP contribution in [0.4, 0.5) is 0 Å². The summed E-state index contributed by atoms with van der Waals surface area (Å²) in [5.41, 5.74) is 1.32. The van der Waals surface area contributed by atoms with Crippen LogP contribution in [0.5, 0.6) is 5.75 Å². The van der Waals surface area contributed by atoms with Crippen molar-refractivity contribution in [3.63, 3.8) is 0 Å². The highest BCUT2D eigenvalue weighted by Gasteiger charge is 2.30. The van der Waals surface area contributed by atoms with Crippen molar-refractivity contribution >= 4 is 7.67 Å². The minimum absolute atomic E-state index is 0.657. The second-order valence-corrected chi connectivity index (χ2v) is 9.56. The summed E-state index contributed by atoms with van der Waals surface area (Å²) in [6, 6.07) is 8.02. The molecule has 0 saturated heterocycles. The molecule has 0 atom stereocenters. The van der Waals surface area contributed by atoms with Crippen LogP contribution in [0.25, 0.3) is 0 Å². The molecule has 0 N–H and O–H groups in total. The molecule has 24 heavy (non-hydrogen) atoms. The highest BCUT2D eigenvalue weighted by molar-refractivity contribution is 7.54. The van der Waals surface area contributed by atoms with Crippen molar-refractivity contribution in [2.24, 2.45) is 0 Å². The highest BCUT2D eigenvalue weighted by atomic mass is 31.2. The number of hydrogen-bond acceptors (Lipinski definition) is 2. The quantitative estimate of drug-likeness (QED) is 0.362. The Bertz CT molecular complexity index is 489. The van der Waals surface area contributed by atoms with E-state index in [1.165, 1.54) is 50.5 Å². The Hall–Kier alpha value is -0.830. The first-order valence-corrected chi connectivity index (χ1v) is 10.7. The minimum atomic E-state index is -2.97. The lowest BCUT2D eigenvalue weighted by Crippen LogP contribution is -2.24. The van der Waals surface area contributed by atoms with E-state index in [-0.39, 0.29) is 0 Å². The lowest BCUT2D eigenvalue weighted by Gasteiger charge is -2.29. The Labute approximate surface area is 148 Å². The van der Waals surface area contributed by atoms with Gasteiger partial charge < -0.3 is 4.52 Å². The highest BCUT2D eigenvalue weighted by Crippen LogP contribution is 2.50. The Morgan fingerprint density at radius 3 is 1.83 bits per heavy atom. The Kier molecular flexibility index (Phi) is 9.65. The van der Waals surface area contributed by atoms with Gasteiger partial charge in [-0.3, -0.25) is 0 Å². The molecule has 0 bridgehead atoms. The lowest BCUT2D eigenvalue weighted by molar-refractivity contribution is 0.354. The van der Waals surface area contributed by atoms with Crippen molar-refractivity contribution < 1.29 is 9.09 Å².